The SMILES string of the molecule is O=C(O)c1ccc2cn[nH]c2c1F. The number of hydrogen-bond donors (Lipinski definition) is 2. The molecule has 0 amide bonds. The van der Waals surface area contributed by atoms with Crippen LogP contribution in [0.15, 0.2) is 18.3 Å². The van der Waals surface area contributed by atoms with Gasteiger partial charge in [-0.3, -0.25) is 5.10 Å². The summed E-state index contributed by atoms with van der Waals surface area (Å²) < 4.78 is 13.3. The van der Waals surface area contributed by atoms with Crippen LogP contribution < -0.4 is 0 Å². The number of carboxylic acids is 1. The van der Waals surface area contributed by atoms with Gasteiger partial charge in [0.15, 0.2) is 5.82 Å². The molecule has 1 aromatic carbocycles. The summed E-state index contributed by atoms with van der Waals surface area (Å²) >= 11 is 0. The zero-order valence-corrected chi connectivity index (χ0v) is 6.41. The third-order valence-corrected chi connectivity index (χ3v) is 1.78. The van der Waals surface area contributed by atoms with Crippen molar-refractivity contribution in [3.8, 4) is 0 Å². The summed E-state index contributed by atoms with van der Waals surface area (Å²) in [6.07, 6.45) is 1.43. The van der Waals surface area contributed by atoms with Gasteiger partial charge in [0.25, 0.3) is 0 Å². The standard InChI is InChI=1S/C8H5FN2O2/c9-6-5(8(12)13)2-1-4-3-10-11-7(4)6/h1-3H,(H,10,11)(H,12,13). The van der Waals surface area contributed by atoms with Crippen LogP contribution in [-0.4, -0.2) is 21.3 Å². The Morgan fingerprint density at radius 2 is 2.31 bits per heavy atom. The van der Waals surface area contributed by atoms with E-state index < -0.39 is 11.8 Å². The Labute approximate surface area is 72.0 Å². The highest BCUT2D eigenvalue weighted by Gasteiger charge is 2.13. The number of carboxylic acid groups (broad SMARTS) is 1. The van der Waals surface area contributed by atoms with Crippen molar-refractivity contribution in [2.75, 3.05) is 0 Å². The Balaban J connectivity index is 2.80. The van der Waals surface area contributed by atoms with E-state index in [9.17, 15) is 9.18 Å². The van der Waals surface area contributed by atoms with Crippen molar-refractivity contribution in [1.29, 1.82) is 0 Å². The molecule has 66 valence electrons. The number of H-pyrrole nitrogens is 1. The molecular formula is C8H5FN2O2. The molecular weight excluding hydrogens is 175 g/mol. The lowest BCUT2D eigenvalue weighted by Gasteiger charge is -1.96. The highest BCUT2D eigenvalue weighted by Crippen LogP contribution is 2.18. The molecule has 2 N–H and O–H groups in total. The van der Waals surface area contributed by atoms with Crippen LogP contribution in [-0.2, 0) is 0 Å². The predicted molar refractivity (Wildman–Crippen MR) is 43.0 cm³/mol. The van der Waals surface area contributed by atoms with Crippen LogP contribution in [0.3, 0.4) is 0 Å². The maximum absolute atomic E-state index is 13.3. The molecule has 0 saturated carbocycles. The molecule has 0 radical (unpaired) electrons. The monoisotopic (exact) mass is 180 g/mol. The van der Waals surface area contributed by atoms with E-state index >= 15 is 0 Å². The first-order chi connectivity index (χ1) is 6.20. The fraction of sp³-hybridized carbons (Fsp3) is 0. The fourth-order valence-electron chi connectivity index (χ4n) is 1.14. The zero-order valence-electron chi connectivity index (χ0n) is 6.41. The van der Waals surface area contributed by atoms with Gasteiger partial charge in [-0.2, -0.15) is 5.10 Å². The van der Waals surface area contributed by atoms with Gasteiger partial charge >= 0.3 is 5.97 Å². The summed E-state index contributed by atoms with van der Waals surface area (Å²) in [5.74, 6) is -2.06. The van der Waals surface area contributed by atoms with E-state index in [0.29, 0.717) is 5.39 Å². The van der Waals surface area contributed by atoms with Crippen LogP contribution >= 0.6 is 0 Å². The molecule has 5 heteroatoms. The summed E-state index contributed by atoms with van der Waals surface area (Å²) in [7, 11) is 0. The molecule has 2 aromatic rings. The highest BCUT2D eigenvalue weighted by molar-refractivity contribution is 5.93. The molecule has 0 fully saturated rings. The van der Waals surface area contributed by atoms with Crippen LogP contribution in [0.25, 0.3) is 10.9 Å². The number of fused-ring (bicyclic) bond motifs is 1. The van der Waals surface area contributed by atoms with Gasteiger partial charge in [-0.1, -0.05) is 6.07 Å². The Hall–Kier alpha value is -1.91. The normalized spacial score (nSPS) is 10.5. The maximum atomic E-state index is 13.3. The van der Waals surface area contributed by atoms with Gasteiger partial charge in [0, 0.05) is 5.39 Å². The van der Waals surface area contributed by atoms with Crippen molar-refractivity contribution in [1.82, 2.24) is 10.2 Å². The highest BCUT2D eigenvalue weighted by atomic mass is 19.1. The first-order valence-electron chi connectivity index (χ1n) is 3.55. The van der Waals surface area contributed by atoms with E-state index in [1.807, 2.05) is 0 Å². The summed E-state index contributed by atoms with van der Waals surface area (Å²) in [4.78, 5) is 10.5. The number of nitrogens with one attached hydrogen (secondary N) is 1. The van der Waals surface area contributed by atoms with E-state index in [-0.39, 0.29) is 11.1 Å². The summed E-state index contributed by atoms with van der Waals surface area (Å²) in [6.45, 7) is 0. The molecule has 1 heterocycles. The Morgan fingerprint density at radius 3 is 3.00 bits per heavy atom. The second-order valence-electron chi connectivity index (χ2n) is 2.57. The number of benzene rings is 1. The second kappa shape index (κ2) is 2.55. The number of carbonyl (C=O) groups is 1. The molecule has 0 saturated heterocycles. The summed E-state index contributed by atoms with van der Waals surface area (Å²) in [6, 6.07) is 2.72. The molecule has 0 unspecified atom stereocenters. The summed E-state index contributed by atoms with van der Waals surface area (Å²) in [5, 5.41) is 15.1. The molecule has 0 aliphatic rings. The summed E-state index contributed by atoms with van der Waals surface area (Å²) in [5.41, 5.74) is -0.225. The van der Waals surface area contributed by atoms with Gasteiger partial charge in [0.2, 0.25) is 0 Å². The number of aromatic carboxylic acids is 1. The number of hydrogen-bond acceptors (Lipinski definition) is 2. The average Bonchev–Trinajstić information content (AvgIpc) is 2.52. The minimum Gasteiger partial charge on any atom is -0.478 e. The minimum atomic E-state index is -1.28. The molecule has 4 nitrogen and oxygen atoms in total. The van der Waals surface area contributed by atoms with Crippen molar-refractivity contribution in [3.05, 3.63) is 29.7 Å². The van der Waals surface area contributed by atoms with Gasteiger partial charge in [-0.25, -0.2) is 9.18 Å². The molecule has 0 aliphatic heterocycles. The minimum absolute atomic E-state index is 0.125. The maximum Gasteiger partial charge on any atom is 0.338 e. The lowest BCUT2D eigenvalue weighted by Crippen LogP contribution is -2.00. The molecule has 0 bridgehead atoms. The third-order valence-electron chi connectivity index (χ3n) is 1.78. The van der Waals surface area contributed by atoms with E-state index in [1.54, 1.807) is 0 Å². The smallest absolute Gasteiger partial charge is 0.338 e. The van der Waals surface area contributed by atoms with Gasteiger partial charge in [0.1, 0.15) is 5.52 Å². The van der Waals surface area contributed by atoms with Gasteiger partial charge in [0.05, 0.1) is 11.8 Å². The van der Waals surface area contributed by atoms with Crippen molar-refractivity contribution in [2.24, 2.45) is 0 Å². The average molecular weight is 180 g/mol. The topological polar surface area (TPSA) is 66.0 Å². The predicted octanol–water partition coefficient (Wildman–Crippen LogP) is 1.40. The first kappa shape index (κ1) is 7.72. The lowest BCUT2D eigenvalue weighted by atomic mass is 10.1. The second-order valence-corrected chi connectivity index (χ2v) is 2.57. The number of rotatable bonds is 1. The van der Waals surface area contributed by atoms with Crippen LogP contribution in [0.5, 0.6) is 0 Å². The van der Waals surface area contributed by atoms with Crippen molar-refractivity contribution >= 4 is 16.9 Å². The first-order valence-corrected chi connectivity index (χ1v) is 3.55. The molecule has 13 heavy (non-hydrogen) atoms. The van der Waals surface area contributed by atoms with Crippen molar-refractivity contribution in [2.45, 2.75) is 0 Å². The van der Waals surface area contributed by atoms with E-state index in [2.05, 4.69) is 10.2 Å². The Kier molecular flexibility index (Phi) is 1.51. The molecule has 2 rings (SSSR count). The largest absolute Gasteiger partial charge is 0.478 e. The van der Waals surface area contributed by atoms with Crippen LogP contribution in [0.4, 0.5) is 4.39 Å². The molecule has 0 aliphatic carbocycles. The van der Waals surface area contributed by atoms with E-state index in [4.69, 9.17) is 5.11 Å². The lowest BCUT2D eigenvalue weighted by molar-refractivity contribution is 0.0692. The van der Waals surface area contributed by atoms with Gasteiger partial charge in [-0.05, 0) is 6.07 Å². The fourth-order valence-corrected chi connectivity index (χ4v) is 1.14. The van der Waals surface area contributed by atoms with Gasteiger partial charge in [-0.15, -0.1) is 0 Å². The Morgan fingerprint density at radius 1 is 1.54 bits per heavy atom. The van der Waals surface area contributed by atoms with E-state index in [0.717, 1.165) is 0 Å². The van der Waals surface area contributed by atoms with Crippen LogP contribution in [0, 0.1) is 5.82 Å². The third kappa shape index (κ3) is 1.05. The molecule has 0 atom stereocenters. The van der Waals surface area contributed by atoms with Crippen molar-refractivity contribution < 1.29 is 14.3 Å². The van der Waals surface area contributed by atoms with Crippen LogP contribution in [0.1, 0.15) is 10.4 Å². The molecule has 1 aromatic heterocycles. The quantitative estimate of drug-likeness (QED) is 0.697. The Bertz CT molecular complexity index is 478. The number of aromatic nitrogens is 2. The van der Waals surface area contributed by atoms with Crippen LogP contribution in [0.2, 0.25) is 0 Å². The number of aromatic amines is 1. The zero-order chi connectivity index (χ0) is 9.42. The number of halogens is 1. The molecule has 0 spiro atoms. The van der Waals surface area contributed by atoms with Crippen molar-refractivity contribution in [3.63, 3.8) is 0 Å². The van der Waals surface area contributed by atoms with E-state index in [1.165, 1.54) is 18.3 Å². The van der Waals surface area contributed by atoms with Gasteiger partial charge < -0.3 is 5.11 Å². The number of nitrogens with zero attached hydrogens (tertiary/aromatic N) is 1.